The SMILES string of the molecule is COc1ccc(OC)c(NC(=O)c2n[nH]c(=O)[nH]c2=O)c1. The van der Waals surface area contributed by atoms with E-state index in [1.165, 1.54) is 20.3 Å². The lowest BCUT2D eigenvalue weighted by atomic mass is 10.2. The van der Waals surface area contributed by atoms with Crippen LogP contribution in [0.4, 0.5) is 5.69 Å². The monoisotopic (exact) mass is 292 g/mol. The molecule has 1 aromatic heterocycles. The van der Waals surface area contributed by atoms with Crippen LogP contribution in [0, 0.1) is 0 Å². The molecule has 0 aliphatic heterocycles. The van der Waals surface area contributed by atoms with Gasteiger partial charge in [-0.1, -0.05) is 0 Å². The predicted molar refractivity (Wildman–Crippen MR) is 73.0 cm³/mol. The van der Waals surface area contributed by atoms with Crippen molar-refractivity contribution < 1.29 is 14.3 Å². The Morgan fingerprint density at radius 1 is 1.24 bits per heavy atom. The molecular weight excluding hydrogens is 280 g/mol. The summed E-state index contributed by atoms with van der Waals surface area (Å²) in [7, 11) is 2.91. The number of aromatic nitrogens is 3. The summed E-state index contributed by atoms with van der Waals surface area (Å²) in [6.07, 6.45) is 0. The fourth-order valence-corrected chi connectivity index (χ4v) is 1.59. The molecule has 2 rings (SSSR count). The number of carbonyl (C=O) groups excluding carboxylic acids is 1. The van der Waals surface area contributed by atoms with Crippen molar-refractivity contribution in [3.8, 4) is 11.5 Å². The van der Waals surface area contributed by atoms with Crippen molar-refractivity contribution >= 4 is 11.6 Å². The van der Waals surface area contributed by atoms with E-state index in [1.807, 2.05) is 10.1 Å². The highest BCUT2D eigenvalue weighted by Crippen LogP contribution is 2.28. The number of hydrogen-bond donors (Lipinski definition) is 3. The van der Waals surface area contributed by atoms with E-state index >= 15 is 0 Å². The Morgan fingerprint density at radius 2 is 2.00 bits per heavy atom. The van der Waals surface area contributed by atoms with Crippen LogP contribution in [0.15, 0.2) is 27.8 Å². The molecule has 21 heavy (non-hydrogen) atoms. The van der Waals surface area contributed by atoms with Crippen LogP contribution in [-0.4, -0.2) is 35.3 Å². The average molecular weight is 292 g/mol. The summed E-state index contributed by atoms with van der Waals surface area (Å²) < 4.78 is 10.1. The molecule has 0 spiro atoms. The summed E-state index contributed by atoms with van der Waals surface area (Å²) in [5.41, 5.74) is -1.86. The van der Waals surface area contributed by atoms with Crippen molar-refractivity contribution in [1.82, 2.24) is 15.2 Å². The average Bonchev–Trinajstić information content (AvgIpc) is 2.46. The van der Waals surface area contributed by atoms with Crippen molar-refractivity contribution in [1.29, 1.82) is 0 Å². The molecule has 0 bridgehead atoms. The first-order valence-electron chi connectivity index (χ1n) is 5.77. The number of ether oxygens (including phenoxy) is 2. The van der Waals surface area contributed by atoms with Crippen LogP contribution < -0.4 is 26.0 Å². The van der Waals surface area contributed by atoms with Gasteiger partial charge in [-0.05, 0) is 12.1 Å². The Balaban J connectivity index is 2.34. The molecule has 1 heterocycles. The molecule has 0 unspecified atom stereocenters. The standard InChI is InChI=1S/C12H12N4O5/c1-20-6-3-4-8(21-2)7(5-6)13-10(17)9-11(18)14-12(19)16-15-9/h3-5H,1-2H3,(H,13,17)(H2,14,16,18,19). The predicted octanol–water partition coefficient (Wildman–Crippen LogP) is -0.272. The van der Waals surface area contributed by atoms with Gasteiger partial charge in [0, 0.05) is 6.07 Å². The summed E-state index contributed by atoms with van der Waals surface area (Å²) in [6.45, 7) is 0. The van der Waals surface area contributed by atoms with Gasteiger partial charge in [-0.25, -0.2) is 9.89 Å². The molecule has 0 saturated heterocycles. The van der Waals surface area contributed by atoms with E-state index in [9.17, 15) is 14.4 Å². The summed E-state index contributed by atoms with van der Waals surface area (Å²) in [5.74, 6) is 0.0819. The van der Waals surface area contributed by atoms with E-state index in [-0.39, 0.29) is 0 Å². The lowest BCUT2D eigenvalue weighted by Gasteiger charge is -2.11. The lowest BCUT2D eigenvalue weighted by Crippen LogP contribution is -2.32. The van der Waals surface area contributed by atoms with E-state index in [2.05, 4.69) is 10.4 Å². The van der Waals surface area contributed by atoms with Gasteiger partial charge in [-0.2, -0.15) is 5.10 Å². The van der Waals surface area contributed by atoms with Crippen molar-refractivity contribution in [2.24, 2.45) is 0 Å². The number of hydrogen-bond acceptors (Lipinski definition) is 6. The van der Waals surface area contributed by atoms with Crippen LogP contribution in [0.1, 0.15) is 10.5 Å². The maximum absolute atomic E-state index is 12.0. The molecular formula is C12H12N4O5. The van der Waals surface area contributed by atoms with Gasteiger partial charge in [-0.15, -0.1) is 0 Å². The third kappa shape index (κ3) is 3.08. The Bertz CT molecular complexity index is 780. The molecule has 0 radical (unpaired) electrons. The Hall–Kier alpha value is -3.10. The highest BCUT2D eigenvalue weighted by Gasteiger charge is 2.16. The third-order valence-corrected chi connectivity index (χ3v) is 2.58. The van der Waals surface area contributed by atoms with Crippen molar-refractivity contribution in [2.45, 2.75) is 0 Å². The maximum atomic E-state index is 12.0. The van der Waals surface area contributed by atoms with Gasteiger partial charge in [-0.3, -0.25) is 14.6 Å². The summed E-state index contributed by atoms with van der Waals surface area (Å²) in [5, 5.41) is 7.85. The van der Waals surface area contributed by atoms with Crippen molar-refractivity contribution in [2.75, 3.05) is 19.5 Å². The largest absolute Gasteiger partial charge is 0.497 e. The Labute approximate surface area is 117 Å². The Kier molecular flexibility index (Phi) is 4.02. The number of nitrogens with zero attached hydrogens (tertiary/aromatic N) is 1. The summed E-state index contributed by atoms with van der Waals surface area (Å²) in [6, 6.07) is 4.77. The molecule has 9 nitrogen and oxygen atoms in total. The molecule has 0 fully saturated rings. The van der Waals surface area contributed by atoms with Gasteiger partial charge in [0.05, 0.1) is 19.9 Å². The van der Waals surface area contributed by atoms with Gasteiger partial charge in [0.1, 0.15) is 11.5 Å². The van der Waals surface area contributed by atoms with E-state index in [0.717, 1.165) is 0 Å². The number of aromatic amines is 2. The van der Waals surface area contributed by atoms with Gasteiger partial charge in [0.15, 0.2) is 0 Å². The minimum Gasteiger partial charge on any atom is -0.497 e. The number of benzene rings is 1. The van der Waals surface area contributed by atoms with E-state index in [4.69, 9.17) is 9.47 Å². The fourth-order valence-electron chi connectivity index (χ4n) is 1.59. The van der Waals surface area contributed by atoms with Gasteiger partial charge < -0.3 is 14.8 Å². The van der Waals surface area contributed by atoms with E-state index < -0.39 is 22.9 Å². The van der Waals surface area contributed by atoms with Crippen molar-refractivity contribution in [3.05, 3.63) is 44.7 Å². The second-order valence-corrected chi connectivity index (χ2v) is 3.88. The molecule has 0 atom stereocenters. The van der Waals surface area contributed by atoms with Crippen LogP contribution in [0.25, 0.3) is 0 Å². The van der Waals surface area contributed by atoms with E-state index in [0.29, 0.717) is 17.2 Å². The lowest BCUT2D eigenvalue weighted by molar-refractivity contribution is 0.101. The van der Waals surface area contributed by atoms with Crippen LogP contribution in [0.5, 0.6) is 11.5 Å². The third-order valence-electron chi connectivity index (χ3n) is 2.58. The number of anilines is 1. The summed E-state index contributed by atoms with van der Waals surface area (Å²) in [4.78, 5) is 36.3. The van der Waals surface area contributed by atoms with Gasteiger partial charge >= 0.3 is 5.69 Å². The first kappa shape index (κ1) is 14.3. The van der Waals surface area contributed by atoms with Crippen LogP contribution in [0.3, 0.4) is 0 Å². The zero-order valence-corrected chi connectivity index (χ0v) is 11.2. The fraction of sp³-hybridized carbons (Fsp3) is 0.167. The number of carbonyl (C=O) groups is 1. The molecule has 110 valence electrons. The molecule has 1 amide bonds. The number of nitrogens with one attached hydrogen (secondary N) is 3. The highest BCUT2D eigenvalue weighted by atomic mass is 16.5. The second-order valence-electron chi connectivity index (χ2n) is 3.88. The van der Waals surface area contributed by atoms with Crippen LogP contribution in [0.2, 0.25) is 0 Å². The molecule has 0 saturated carbocycles. The molecule has 2 aromatic rings. The van der Waals surface area contributed by atoms with E-state index in [1.54, 1.807) is 12.1 Å². The van der Waals surface area contributed by atoms with Crippen molar-refractivity contribution in [3.63, 3.8) is 0 Å². The Morgan fingerprint density at radius 3 is 2.62 bits per heavy atom. The molecule has 9 heteroatoms. The first-order valence-corrected chi connectivity index (χ1v) is 5.77. The number of rotatable bonds is 4. The first-order chi connectivity index (χ1) is 10.0. The van der Waals surface area contributed by atoms with Gasteiger partial charge in [0.25, 0.3) is 11.5 Å². The normalized spacial score (nSPS) is 10.0. The quantitative estimate of drug-likeness (QED) is 0.712. The summed E-state index contributed by atoms with van der Waals surface area (Å²) >= 11 is 0. The minimum atomic E-state index is -0.891. The smallest absolute Gasteiger partial charge is 0.342 e. The van der Waals surface area contributed by atoms with Gasteiger partial charge in [0.2, 0.25) is 5.69 Å². The number of H-pyrrole nitrogens is 2. The minimum absolute atomic E-state index is 0.300. The maximum Gasteiger partial charge on any atom is 0.342 e. The second kappa shape index (κ2) is 5.90. The number of amides is 1. The number of methoxy groups -OCH3 is 2. The zero-order chi connectivity index (χ0) is 15.4. The van der Waals surface area contributed by atoms with Crippen LogP contribution >= 0.6 is 0 Å². The molecule has 3 N–H and O–H groups in total. The van der Waals surface area contributed by atoms with Crippen LogP contribution in [-0.2, 0) is 0 Å². The molecule has 0 aliphatic rings. The highest BCUT2D eigenvalue weighted by molar-refractivity contribution is 6.03. The molecule has 1 aromatic carbocycles. The zero-order valence-electron chi connectivity index (χ0n) is 11.2. The molecule has 0 aliphatic carbocycles. The topological polar surface area (TPSA) is 126 Å².